The van der Waals surface area contributed by atoms with E-state index in [0.29, 0.717) is 23.2 Å². The summed E-state index contributed by atoms with van der Waals surface area (Å²) in [6.45, 7) is 8.19. The van der Waals surface area contributed by atoms with Crippen LogP contribution in [0.3, 0.4) is 0 Å². The number of phenolic OH excluding ortho intramolecular Hbond substituents is 3. The summed E-state index contributed by atoms with van der Waals surface area (Å²) in [5, 5.41) is 47.5. The Morgan fingerprint density at radius 2 is 0.684 bits per heavy atom. The van der Waals surface area contributed by atoms with Crippen LogP contribution in [0.25, 0.3) is 44.5 Å². The first-order valence-electron chi connectivity index (χ1n) is 25.1. The second-order valence-corrected chi connectivity index (χ2v) is 23.8. The van der Waals surface area contributed by atoms with Crippen molar-refractivity contribution in [1.82, 2.24) is 0 Å². The summed E-state index contributed by atoms with van der Waals surface area (Å²) in [4.78, 5) is 0. The zero-order valence-electron chi connectivity index (χ0n) is 43.3. The predicted molar refractivity (Wildman–Crippen MR) is 329 cm³/mol. The second kappa shape index (κ2) is 30.2. The van der Waals surface area contributed by atoms with Crippen LogP contribution in [0.2, 0.25) is 0 Å². The van der Waals surface area contributed by atoms with Crippen LogP contribution in [-0.2, 0) is 11.9 Å². The Morgan fingerprint density at radius 1 is 0.382 bits per heavy atom. The molecule has 0 bridgehead atoms. The Hall–Kier alpha value is -5.10. The van der Waals surface area contributed by atoms with E-state index < -0.39 is 0 Å². The van der Waals surface area contributed by atoms with Gasteiger partial charge in [-0.25, -0.2) is 0 Å². The number of hydrogen-bond acceptors (Lipinski definition) is 5. The number of aliphatic hydroxyl groups is 2. The molecule has 76 heavy (non-hydrogen) atoms. The maximum absolute atomic E-state index is 9.72. The molecule has 1 saturated carbocycles. The minimum atomic E-state index is -0.0478. The van der Waals surface area contributed by atoms with Crippen molar-refractivity contribution in [3.05, 3.63) is 233 Å². The topological polar surface area (TPSA) is 101 Å². The van der Waals surface area contributed by atoms with Crippen molar-refractivity contribution in [3.63, 3.8) is 0 Å². The number of hydrogen-bond donors (Lipinski definition) is 5. The molecule has 0 heterocycles. The molecule has 0 radical (unpaired) electrons. The predicted octanol–water partition coefficient (Wildman–Crippen LogP) is 9.47. The average Bonchev–Trinajstić information content (AvgIpc) is 3.43. The SMILES string of the molecule is Cc1cc(-c2ccc(O)cc2)cc(C)c1[SeH].Cc1cc(-c2ccc([SeH])cc2)cc(C)c1O.OC1CCC(c2ccc([SeH])cc2)CC1.OCc1ccc(-c2ccc([SeH])cc2)cc1.Oc1ccc(-c2ccc(C[SeH])cc2)cc1. The maximum atomic E-state index is 9.72. The van der Waals surface area contributed by atoms with Gasteiger partial charge in [0.2, 0.25) is 0 Å². The van der Waals surface area contributed by atoms with Gasteiger partial charge in [0.15, 0.2) is 0 Å². The van der Waals surface area contributed by atoms with E-state index in [2.05, 4.69) is 203 Å². The fraction of sp³-hybridized carbons (Fsp3) is 0.182. The molecule has 5 nitrogen and oxygen atoms in total. The van der Waals surface area contributed by atoms with Gasteiger partial charge in [-0.1, -0.05) is 0 Å². The van der Waals surface area contributed by atoms with Gasteiger partial charge in [0.1, 0.15) is 0 Å². The molecule has 0 unspecified atom stereocenters. The molecule has 1 aliphatic rings. The molecular weight excluding hydrogens is 1270 g/mol. The van der Waals surface area contributed by atoms with E-state index in [0.717, 1.165) is 64.4 Å². The Kier molecular flexibility index (Phi) is 23.9. The summed E-state index contributed by atoms with van der Waals surface area (Å²) >= 11 is 12.8. The van der Waals surface area contributed by atoms with Crippen molar-refractivity contribution in [2.75, 3.05) is 0 Å². The average molecular weight is 1340 g/mol. The molecule has 10 heteroatoms. The quantitative estimate of drug-likeness (QED) is 0.103. The van der Waals surface area contributed by atoms with Crippen LogP contribution in [0.5, 0.6) is 17.2 Å². The van der Waals surface area contributed by atoms with E-state index in [9.17, 15) is 20.4 Å². The van der Waals surface area contributed by atoms with E-state index in [4.69, 9.17) is 5.11 Å². The summed E-state index contributed by atoms with van der Waals surface area (Å²) in [6.07, 6.45) is 4.16. The Labute approximate surface area is 491 Å². The van der Waals surface area contributed by atoms with Crippen LogP contribution in [0.4, 0.5) is 0 Å². The number of aromatic hydroxyl groups is 3. The molecule has 10 rings (SSSR count). The summed E-state index contributed by atoms with van der Waals surface area (Å²) in [5.74, 6) is 1.68. The summed E-state index contributed by atoms with van der Waals surface area (Å²) in [5.41, 5.74) is 17.5. The molecule has 0 saturated heterocycles. The van der Waals surface area contributed by atoms with E-state index >= 15 is 0 Å². The fourth-order valence-corrected chi connectivity index (χ4v) is 10.3. The third-order valence-corrected chi connectivity index (χ3v) is 17.2. The molecule has 0 amide bonds. The van der Waals surface area contributed by atoms with Crippen LogP contribution in [-0.4, -0.2) is 112 Å². The van der Waals surface area contributed by atoms with Crippen LogP contribution in [0.1, 0.15) is 70.5 Å². The van der Waals surface area contributed by atoms with Crippen molar-refractivity contribution in [3.8, 4) is 61.8 Å². The van der Waals surface area contributed by atoms with E-state index in [1.54, 1.807) is 24.3 Å². The standard InChI is InChI=1S/2C14H14OSe.2C13H12OSe.C12H16OSe/c1-9-7-12(8-10(2)14(9)15)11-3-5-13(16)6-4-11;1-9-7-12(8-10(2)14(9)16)11-3-5-13(15)6-4-11;14-13-7-5-12(6-8-13)11-3-1-10(9-15)2-4-11;14-9-10-1-3-11(4-2-10)12-5-7-13(15)8-6-12;13-11-5-1-9(2-6-11)10-3-7-12(14)8-4-10/h2*3-8,15-16H,1-2H3;2*1-8,14-15H,9H2;3-4,7-9,11,13-14H,1-2,5-6H2. The normalized spacial score (nSPS) is 13.5. The summed E-state index contributed by atoms with van der Waals surface area (Å²) in [6, 6.07) is 64.8. The van der Waals surface area contributed by atoms with Gasteiger partial charge in [-0.3, -0.25) is 0 Å². The first-order chi connectivity index (χ1) is 36.5. The van der Waals surface area contributed by atoms with Crippen LogP contribution in [0, 0.1) is 27.7 Å². The molecule has 9 aromatic rings. The molecule has 1 aliphatic carbocycles. The molecule has 392 valence electrons. The van der Waals surface area contributed by atoms with Gasteiger partial charge in [-0.05, 0) is 0 Å². The van der Waals surface area contributed by atoms with Gasteiger partial charge in [-0.15, -0.1) is 0 Å². The van der Waals surface area contributed by atoms with Gasteiger partial charge in [-0.2, -0.15) is 0 Å². The Morgan fingerprint density at radius 3 is 1.04 bits per heavy atom. The number of aryl methyl sites for hydroxylation is 4. The van der Waals surface area contributed by atoms with Gasteiger partial charge in [0, 0.05) is 0 Å². The third-order valence-electron chi connectivity index (χ3n) is 13.1. The zero-order chi connectivity index (χ0) is 54.7. The minimum absolute atomic E-state index is 0.0478. The molecule has 0 atom stereocenters. The second-order valence-electron chi connectivity index (χ2n) is 18.9. The molecule has 0 aliphatic heterocycles. The van der Waals surface area contributed by atoms with Crippen molar-refractivity contribution in [2.24, 2.45) is 0 Å². The van der Waals surface area contributed by atoms with Crippen molar-refractivity contribution >= 4 is 97.9 Å². The van der Waals surface area contributed by atoms with Crippen molar-refractivity contribution in [1.29, 1.82) is 0 Å². The molecular formula is C66H68O5Se5. The van der Waals surface area contributed by atoms with E-state index in [1.807, 2.05) is 74.5 Å². The Balaban J connectivity index is 0.000000154. The van der Waals surface area contributed by atoms with Gasteiger partial charge in [0.25, 0.3) is 0 Å². The molecule has 5 N–H and O–H groups in total. The first-order valence-corrected chi connectivity index (χ1v) is 30.2. The van der Waals surface area contributed by atoms with Crippen molar-refractivity contribution in [2.45, 2.75) is 77.3 Å². The monoisotopic (exact) mass is 1340 g/mol. The van der Waals surface area contributed by atoms with Gasteiger partial charge < -0.3 is 0 Å². The van der Waals surface area contributed by atoms with Crippen molar-refractivity contribution < 1.29 is 25.5 Å². The Bertz CT molecular complexity index is 2960. The third kappa shape index (κ3) is 18.5. The summed E-state index contributed by atoms with van der Waals surface area (Å²) < 4.78 is 4.95. The molecule has 0 spiro atoms. The van der Waals surface area contributed by atoms with Gasteiger partial charge in [0.05, 0.1) is 0 Å². The number of phenols is 3. The van der Waals surface area contributed by atoms with Crippen LogP contribution >= 0.6 is 0 Å². The molecule has 0 aromatic heterocycles. The molecule has 1 fully saturated rings. The number of rotatable bonds is 7. The number of aliphatic hydroxyl groups excluding tert-OH is 2. The zero-order valence-corrected chi connectivity index (χ0v) is 52.7. The fourth-order valence-electron chi connectivity index (χ4n) is 8.62. The van der Waals surface area contributed by atoms with E-state index in [-0.39, 0.29) is 12.7 Å². The first kappa shape index (κ1) is 60.1. The van der Waals surface area contributed by atoms with E-state index in [1.165, 1.54) is 67.9 Å². The number of benzene rings is 9. The summed E-state index contributed by atoms with van der Waals surface area (Å²) in [7, 11) is 0. The molecule has 9 aromatic carbocycles. The van der Waals surface area contributed by atoms with Crippen LogP contribution in [0.15, 0.2) is 194 Å². The van der Waals surface area contributed by atoms with Crippen LogP contribution < -0.4 is 17.8 Å². The van der Waals surface area contributed by atoms with Gasteiger partial charge >= 0.3 is 496 Å².